The van der Waals surface area contributed by atoms with Crippen LogP contribution in [0.25, 0.3) is 0 Å². The molecule has 0 unspecified atom stereocenters. The highest BCUT2D eigenvalue weighted by Crippen LogP contribution is 2.17. The number of para-hydroxylation sites is 1. The first-order chi connectivity index (χ1) is 12.5. The van der Waals surface area contributed by atoms with E-state index < -0.39 is 11.7 Å². The van der Waals surface area contributed by atoms with Gasteiger partial charge in [0.05, 0.1) is 24.1 Å². The number of anilines is 1. The zero-order chi connectivity index (χ0) is 18.5. The molecule has 0 saturated carbocycles. The van der Waals surface area contributed by atoms with Crippen molar-refractivity contribution in [2.75, 3.05) is 5.32 Å². The first kappa shape index (κ1) is 17.4. The molecule has 0 saturated heterocycles. The quantitative estimate of drug-likeness (QED) is 0.731. The van der Waals surface area contributed by atoms with E-state index in [1.54, 1.807) is 43.3 Å². The van der Waals surface area contributed by atoms with Crippen LogP contribution in [0.3, 0.4) is 0 Å². The van der Waals surface area contributed by atoms with Gasteiger partial charge in [-0.3, -0.25) is 9.59 Å². The lowest BCUT2D eigenvalue weighted by molar-refractivity contribution is 0.0949. The molecule has 26 heavy (non-hydrogen) atoms. The lowest BCUT2D eigenvalue weighted by atomic mass is 10.1. The van der Waals surface area contributed by atoms with Crippen molar-refractivity contribution in [2.24, 2.45) is 0 Å². The minimum Gasteiger partial charge on any atom is -0.467 e. The van der Waals surface area contributed by atoms with Crippen LogP contribution in [0.4, 0.5) is 10.1 Å². The van der Waals surface area contributed by atoms with E-state index >= 15 is 0 Å². The molecule has 0 bridgehead atoms. The molecule has 6 heteroatoms. The molecular weight excluding hydrogens is 335 g/mol. The van der Waals surface area contributed by atoms with Gasteiger partial charge in [0.1, 0.15) is 11.6 Å². The number of amides is 2. The van der Waals surface area contributed by atoms with E-state index in [-0.39, 0.29) is 18.0 Å². The Hall–Kier alpha value is -3.41. The third-order valence-corrected chi connectivity index (χ3v) is 3.86. The smallest absolute Gasteiger partial charge is 0.255 e. The number of hydrogen-bond donors (Lipinski definition) is 2. The van der Waals surface area contributed by atoms with Crippen LogP contribution in [0.15, 0.2) is 65.3 Å². The summed E-state index contributed by atoms with van der Waals surface area (Å²) in [5.74, 6) is -0.681. The van der Waals surface area contributed by atoms with Crippen molar-refractivity contribution in [1.29, 1.82) is 0 Å². The Morgan fingerprint density at radius 1 is 1.04 bits per heavy atom. The van der Waals surface area contributed by atoms with E-state index in [9.17, 15) is 14.0 Å². The average molecular weight is 352 g/mol. The Kier molecular flexibility index (Phi) is 5.12. The molecular formula is C20H17FN2O3. The van der Waals surface area contributed by atoms with Crippen LogP contribution < -0.4 is 10.6 Å². The number of carbonyl (C=O) groups excluding carboxylic acids is 2. The van der Waals surface area contributed by atoms with Gasteiger partial charge in [-0.15, -0.1) is 0 Å². The Labute approximate surface area is 149 Å². The predicted octanol–water partition coefficient (Wildman–Crippen LogP) is 3.91. The van der Waals surface area contributed by atoms with Gasteiger partial charge in [-0.2, -0.15) is 0 Å². The normalized spacial score (nSPS) is 10.4. The van der Waals surface area contributed by atoms with Gasteiger partial charge in [0.25, 0.3) is 11.8 Å². The fourth-order valence-electron chi connectivity index (χ4n) is 2.39. The molecule has 2 N–H and O–H groups in total. The summed E-state index contributed by atoms with van der Waals surface area (Å²) in [5, 5.41) is 5.39. The highest BCUT2D eigenvalue weighted by atomic mass is 19.1. The van der Waals surface area contributed by atoms with Crippen LogP contribution in [0.1, 0.15) is 32.0 Å². The van der Waals surface area contributed by atoms with Crippen LogP contribution >= 0.6 is 0 Å². The van der Waals surface area contributed by atoms with Crippen molar-refractivity contribution in [3.63, 3.8) is 0 Å². The molecule has 2 amide bonds. The number of halogens is 1. The molecule has 2 aromatic carbocycles. The van der Waals surface area contributed by atoms with Crippen LogP contribution in [0.2, 0.25) is 0 Å². The number of nitrogens with one attached hydrogen (secondary N) is 2. The first-order valence-corrected chi connectivity index (χ1v) is 8.01. The average Bonchev–Trinajstić information content (AvgIpc) is 3.16. The van der Waals surface area contributed by atoms with Crippen molar-refractivity contribution in [3.8, 4) is 0 Å². The van der Waals surface area contributed by atoms with Gasteiger partial charge in [0, 0.05) is 5.56 Å². The molecule has 0 radical (unpaired) electrons. The highest BCUT2D eigenvalue weighted by molar-refractivity contribution is 6.09. The zero-order valence-electron chi connectivity index (χ0n) is 14.1. The Balaban J connectivity index is 1.74. The second-order valence-electron chi connectivity index (χ2n) is 5.73. The summed E-state index contributed by atoms with van der Waals surface area (Å²) in [4.78, 5) is 24.8. The van der Waals surface area contributed by atoms with Crippen molar-refractivity contribution < 1.29 is 18.4 Å². The molecule has 0 fully saturated rings. The van der Waals surface area contributed by atoms with Gasteiger partial charge in [0.2, 0.25) is 0 Å². The van der Waals surface area contributed by atoms with Gasteiger partial charge < -0.3 is 15.1 Å². The number of furan rings is 1. The van der Waals surface area contributed by atoms with Gasteiger partial charge in [-0.25, -0.2) is 4.39 Å². The summed E-state index contributed by atoms with van der Waals surface area (Å²) in [7, 11) is 0. The van der Waals surface area contributed by atoms with Gasteiger partial charge in [0.15, 0.2) is 0 Å². The Morgan fingerprint density at radius 2 is 1.85 bits per heavy atom. The fraction of sp³-hybridized carbons (Fsp3) is 0.100. The zero-order valence-corrected chi connectivity index (χ0v) is 14.1. The third kappa shape index (κ3) is 3.97. The number of aryl methyl sites for hydroxylation is 1. The third-order valence-electron chi connectivity index (χ3n) is 3.86. The molecule has 1 heterocycles. The van der Waals surface area contributed by atoms with Crippen molar-refractivity contribution in [2.45, 2.75) is 13.5 Å². The number of hydrogen-bond acceptors (Lipinski definition) is 3. The molecule has 5 nitrogen and oxygen atoms in total. The van der Waals surface area contributed by atoms with E-state index in [0.29, 0.717) is 22.6 Å². The van der Waals surface area contributed by atoms with Gasteiger partial charge >= 0.3 is 0 Å². The maximum absolute atomic E-state index is 13.7. The summed E-state index contributed by atoms with van der Waals surface area (Å²) in [5.41, 5.74) is 1.29. The standard InChI is InChI=1S/C20H17FN2O3/c1-13-8-9-14(11-17(13)21)19(24)23-18-7-3-2-6-16(18)20(25)22-12-15-5-4-10-26-15/h2-11H,12H2,1H3,(H,22,25)(H,23,24). The molecule has 0 aliphatic heterocycles. The second kappa shape index (κ2) is 7.65. The molecule has 0 atom stereocenters. The van der Waals surface area contributed by atoms with E-state index in [0.717, 1.165) is 0 Å². The molecule has 0 spiro atoms. The lowest BCUT2D eigenvalue weighted by Gasteiger charge is -2.11. The van der Waals surface area contributed by atoms with E-state index in [1.807, 2.05) is 0 Å². The molecule has 3 aromatic rings. The highest BCUT2D eigenvalue weighted by Gasteiger charge is 2.15. The van der Waals surface area contributed by atoms with Crippen LogP contribution in [-0.2, 0) is 6.54 Å². The van der Waals surface area contributed by atoms with Crippen LogP contribution in [-0.4, -0.2) is 11.8 Å². The molecule has 0 aliphatic carbocycles. The predicted molar refractivity (Wildman–Crippen MR) is 95.4 cm³/mol. The molecule has 1 aromatic heterocycles. The molecule has 3 rings (SSSR count). The maximum Gasteiger partial charge on any atom is 0.255 e. The largest absolute Gasteiger partial charge is 0.467 e. The summed E-state index contributed by atoms with van der Waals surface area (Å²) < 4.78 is 18.8. The fourth-order valence-corrected chi connectivity index (χ4v) is 2.39. The van der Waals surface area contributed by atoms with E-state index in [4.69, 9.17) is 4.42 Å². The van der Waals surface area contributed by atoms with Gasteiger partial charge in [-0.05, 0) is 48.9 Å². The van der Waals surface area contributed by atoms with E-state index in [2.05, 4.69) is 10.6 Å². The van der Waals surface area contributed by atoms with Gasteiger partial charge in [-0.1, -0.05) is 18.2 Å². The number of rotatable bonds is 5. The minimum absolute atomic E-state index is 0.180. The van der Waals surface area contributed by atoms with Crippen molar-refractivity contribution >= 4 is 17.5 Å². The van der Waals surface area contributed by atoms with Crippen LogP contribution in [0.5, 0.6) is 0 Å². The number of carbonyl (C=O) groups is 2. The second-order valence-corrected chi connectivity index (χ2v) is 5.73. The molecule has 0 aliphatic rings. The van der Waals surface area contributed by atoms with E-state index in [1.165, 1.54) is 24.5 Å². The first-order valence-electron chi connectivity index (χ1n) is 8.01. The van der Waals surface area contributed by atoms with Crippen molar-refractivity contribution in [3.05, 3.63) is 89.1 Å². The Bertz CT molecular complexity index is 936. The van der Waals surface area contributed by atoms with Crippen LogP contribution in [0, 0.1) is 12.7 Å². The Morgan fingerprint density at radius 3 is 2.58 bits per heavy atom. The minimum atomic E-state index is -0.491. The number of benzene rings is 2. The maximum atomic E-state index is 13.7. The monoisotopic (exact) mass is 352 g/mol. The lowest BCUT2D eigenvalue weighted by Crippen LogP contribution is -2.24. The topological polar surface area (TPSA) is 71.3 Å². The summed E-state index contributed by atoms with van der Waals surface area (Å²) in [6.07, 6.45) is 1.52. The van der Waals surface area contributed by atoms with Crippen molar-refractivity contribution in [1.82, 2.24) is 5.32 Å². The summed E-state index contributed by atoms with van der Waals surface area (Å²) in [6.45, 7) is 1.85. The molecule has 132 valence electrons. The summed E-state index contributed by atoms with van der Waals surface area (Å²) >= 11 is 0. The SMILES string of the molecule is Cc1ccc(C(=O)Nc2ccccc2C(=O)NCc2ccco2)cc1F. The summed E-state index contributed by atoms with van der Waals surface area (Å²) in [6, 6.07) is 14.3.